The summed E-state index contributed by atoms with van der Waals surface area (Å²) in [5.74, 6) is -1.71. The first-order valence-corrected chi connectivity index (χ1v) is 20.4. The van der Waals surface area contributed by atoms with Crippen molar-refractivity contribution in [2.45, 2.75) is 51.1 Å². The molecule has 0 bridgehead atoms. The Morgan fingerprint density at radius 1 is 0.750 bits per heavy atom. The molecular formula is C50H44F4N6O4. The van der Waals surface area contributed by atoms with Crippen molar-refractivity contribution in [2.75, 3.05) is 12.4 Å². The van der Waals surface area contributed by atoms with Crippen LogP contribution in [0.1, 0.15) is 54.4 Å². The average molecular weight is 869 g/mol. The first-order chi connectivity index (χ1) is 30.6. The number of nitrogens with zero attached hydrogens (tertiary/aromatic N) is 5. The van der Waals surface area contributed by atoms with Crippen molar-refractivity contribution in [1.29, 1.82) is 0 Å². The van der Waals surface area contributed by atoms with Gasteiger partial charge in [-0.05, 0) is 69.6 Å². The zero-order valence-corrected chi connectivity index (χ0v) is 35.7. The molecule has 0 saturated carbocycles. The van der Waals surface area contributed by atoms with E-state index < -0.39 is 41.2 Å². The average Bonchev–Trinajstić information content (AvgIpc) is 3.85. The molecule has 0 unspecified atom stereocenters. The molecule has 6 aromatic carbocycles. The predicted molar refractivity (Wildman–Crippen MR) is 237 cm³/mol. The number of aromatic nitrogens is 5. The minimum Gasteiger partial charge on any atom is -0.493 e. The van der Waals surface area contributed by atoms with Gasteiger partial charge >= 0.3 is 11.9 Å². The van der Waals surface area contributed by atoms with Crippen LogP contribution in [0.3, 0.4) is 0 Å². The van der Waals surface area contributed by atoms with Gasteiger partial charge in [0, 0.05) is 18.3 Å². The maximum Gasteiger partial charge on any atom is 0.416 e. The number of nitrogens with one attached hydrogen (secondary N) is 1. The van der Waals surface area contributed by atoms with E-state index in [0.717, 1.165) is 49.6 Å². The number of carbonyl (C=O) groups excluding carboxylic acids is 1. The summed E-state index contributed by atoms with van der Waals surface area (Å²) in [4.78, 5) is 27.1. The molecule has 0 aliphatic carbocycles. The second-order valence-electron chi connectivity index (χ2n) is 16.4. The van der Waals surface area contributed by atoms with Crippen molar-refractivity contribution in [3.63, 3.8) is 0 Å². The fraction of sp³-hybridized carbons (Fsp3) is 0.200. The maximum absolute atomic E-state index is 16.5. The minimum atomic E-state index is -4.87. The Balaban J connectivity index is 1.18. The van der Waals surface area contributed by atoms with Gasteiger partial charge in [-0.3, -0.25) is 18.5 Å². The lowest BCUT2D eigenvalue weighted by molar-refractivity contribution is -0.137. The molecule has 0 spiro atoms. The number of alkyl halides is 3. The Bertz CT molecular complexity index is 2930. The molecule has 0 radical (unpaired) electrons. The molecule has 8 aromatic rings. The second-order valence-corrected chi connectivity index (χ2v) is 16.4. The number of hydrogen-bond donors (Lipinski definition) is 1. The standard InChI is InChI=1S/C50H44F4N6O4/c1-48(2,3)36-22-15-23-38(26-36)56-44(61)29-59-41-28-37(50(52,53)54)27-39(45(41)58(4)47(59)62)32-24-40(51)46(42(25-32)63-5)64-30-43-57-55-31-60(43)49(33-16-9-6-10-17-33,34-18-11-7-12-19-34)35-20-13-8-14-21-35/h6-28,31H,29-30H2,1-5H3,(H,56,61). The van der Waals surface area contributed by atoms with Crippen LogP contribution in [0.2, 0.25) is 0 Å². The smallest absolute Gasteiger partial charge is 0.416 e. The largest absolute Gasteiger partial charge is 0.493 e. The summed E-state index contributed by atoms with van der Waals surface area (Å²) in [5.41, 5.74) is 0.739. The fourth-order valence-corrected chi connectivity index (χ4v) is 8.25. The molecule has 64 heavy (non-hydrogen) atoms. The highest BCUT2D eigenvalue weighted by Crippen LogP contribution is 2.44. The number of aryl methyl sites for hydroxylation is 1. The number of imidazole rings is 1. The van der Waals surface area contributed by atoms with Crippen molar-refractivity contribution in [3.8, 4) is 22.6 Å². The summed E-state index contributed by atoms with van der Waals surface area (Å²) in [6.45, 7) is 5.17. The third-order valence-corrected chi connectivity index (χ3v) is 11.3. The molecule has 326 valence electrons. The minimum absolute atomic E-state index is 0.0339. The van der Waals surface area contributed by atoms with E-state index in [1.165, 1.54) is 20.2 Å². The normalized spacial score (nSPS) is 12.1. The van der Waals surface area contributed by atoms with E-state index in [0.29, 0.717) is 11.5 Å². The number of halogens is 4. The van der Waals surface area contributed by atoms with Gasteiger partial charge in [0.2, 0.25) is 5.91 Å². The van der Waals surface area contributed by atoms with E-state index in [2.05, 4.69) is 15.5 Å². The molecular weight excluding hydrogens is 825 g/mol. The van der Waals surface area contributed by atoms with Crippen molar-refractivity contribution < 1.29 is 31.8 Å². The van der Waals surface area contributed by atoms with E-state index >= 15 is 4.39 Å². The van der Waals surface area contributed by atoms with Crippen LogP contribution < -0.4 is 20.5 Å². The summed E-state index contributed by atoms with van der Waals surface area (Å²) >= 11 is 0. The van der Waals surface area contributed by atoms with Crippen molar-refractivity contribution in [2.24, 2.45) is 7.05 Å². The van der Waals surface area contributed by atoms with Crippen LogP contribution in [0.5, 0.6) is 11.5 Å². The molecule has 0 atom stereocenters. The Labute approximate surface area is 366 Å². The van der Waals surface area contributed by atoms with Crippen LogP contribution in [0.4, 0.5) is 23.2 Å². The number of benzene rings is 6. The molecule has 1 N–H and O–H groups in total. The Hall–Kier alpha value is -7.48. The Kier molecular flexibility index (Phi) is 11.5. The number of hydrogen-bond acceptors (Lipinski definition) is 6. The molecule has 0 aliphatic rings. The number of anilines is 1. The number of amides is 1. The highest BCUT2D eigenvalue weighted by Gasteiger charge is 2.40. The molecule has 0 aliphatic heterocycles. The summed E-state index contributed by atoms with van der Waals surface area (Å²) in [6.07, 6.45) is -3.28. The number of fused-ring (bicyclic) bond motifs is 1. The van der Waals surface area contributed by atoms with Crippen molar-refractivity contribution in [1.82, 2.24) is 23.9 Å². The van der Waals surface area contributed by atoms with E-state index in [-0.39, 0.29) is 45.7 Å². The maximum atomic E-state index is 16.5. The molecule has 2 heterocycles. The number of rotatable bonds is 12. The SMILES string of the molecule is COc1cc(-c2cc(C(F)(F)F)cc3c2n(C)c(=O)n3CC(=O)Nc2cccc(C(C)(C)C)c2)cc(F)c1OCc1nncn1C(c1ccccc1)(c1ccccc1)c1ccccc1. The third-order valence-electron chi connectivity index (χ3n) is 11.3. The predicted octanol–water partition coefficient (Wildman–Crippen LogP) is 10.1. The molecule has 8 rings (SSSR count). The van der Waals surface area contributed by atoms with Gasteiger partial charge in [-0.1, -0.05) is 124 Å². The lowest BCUT2D eigenvalue weighted by Gasteiger charge is -2.38. The third kappa shape index (κ3) is 8.02. The van der Waals surface area contributed by atoms with Crippen LogP contribution in [0, 0.1) is 5.82 Å². The van der Waals surface area contributed by atoms with E-state index in [4.69, 9.17) is 9.47 Å². The van der Waals surface area contributed by atoms with Gasteiger partial charge in [0.15, 0.2) is 23.1 Å². The highest BCUT2D eigenvalue weighted by molar-refractivity contribution is 5.96. The lowest BCUT2D eigenvalue weighted by Crippen LogP contribution is -2.38. The van der Waals surface area contributed by atoms with Crippen LogP contribution in [-0.2, 0) is 42.1 Å². The van der Waals surface area contributed by atoms with E-state index in [1.807, 2.05) is 122 Å². The van der Waals surface area contributed by atoms with Gasteiger partial charge in [-0.25, -0.2) is 9.18 Å². The summed E-state index contributed by atoms with van der Waals surface area (Å²) < 4.78 is 76.1. The van der Waals surface area contributed by atoms with Gasteiger partial charge < -0.3 is 14.8 Å². The van der Waals surface area contributed by atoms with E-state index in [1.54, 1.807) is 24.5 Å². The molecule has 2 aromatic heterocycles. The highest BCUT2D eigenvalue weighted by atomic mass is 19.4. The molecule has 0 fully saturated rings. The zero-order valence-electron chi connectivity index (χ0n) is 35.7. The Morgan fingerprint density at radius 2 is 1.34 bits per heavy atom. The first-order valence-electron chi connectivity index (χ1n) is 20.4. The van der Waals surface area contributed by atoms with Crippen LogP contribution in [-0.4, -0.2) is 36.9 Å². The molecule has 1 amide bonds. The number of carbonyl (C=O) groups is 1. The van der Waals surface area contributed by atoms with Gasteiger partial charge in [0.05, 0.1) is 23.7 Å². The van der Waals surface area contributed by atoms with E-state index in [9.17, 15) is 22.8 Å². The molecule has 14 heteroatoms. The van der Waals surface area contributed by atoms with Crippen molar-refractivity contribution in [3.05, 3.63) is 196 Å². The molecule has 10 nitrogen and oxygen atoms in total. The van der Waals surface area contributed by atoms with Crippen LogP contribution in [0.15, 0.2) is 151 Å². The van der Waals surface area contributed by atoms with Crippen LogP contribution in [0.25, 0.3) is 22.2 Å². The van der Waals surface area contributed by atoms with Crippen molar-refractivity contribution >= 4 is 22.6 Å². The second kappa shape index (κ2) is 17.0. The number of methoxy groups -OCH3 is 1. The fourth-order valence-electron chi connectivity index (χ4n) is 8.25. The lowest BCUT2D eigenvalue weighted by atomic mass is 9.76. The Morgan fingerprint density at radius 3 is 1.91 bits per heavy atom. The van der Waals surface area contributed by atoms with Crippen LogP contribution >= 0.6 is 0 Å². The van der Waals surface area contributed by atoms with Gasteiger partial charge in [-0.2, -0.15) is 13.2 Å². The quantitative estimate of drug-likeness (QED) is 0.0969. The first kappa shape index (κ1) is 43.2. The number of ether oxygens (including phenoxy) is 2. The zero-order chi connectivity index (χ0) is 45.4. The monoisotopic (exact) mass is 868 g/mol. The molecule has 0 saturated heterocycles. The summed E-state index contributed by atoms with van der Waals surface area (Å²) in [5, 5.41) is 11.5. The summed E-state index contributed by atoms with van der Waals surface area (Å²) in [6, 6.07) is 40.6. The van der Waals surface area contributed by atoms with Gasteiger partial charge in [0.1, 0.15) is 25.0 Å². The summed E-state index contributed by atoms with van der Waals surface area (Å²) in [7, 11) is 2.66. The van der Waals surface area contributed by atoms with Gasteiger partial charge in [0.25, 0.3) is 0 Å². The van der Waals surface area contributed by atoms with Gasteiger partial charge in [-0.15, -0.1) is 10.2 Å². The topological polar surface area (TPSA) is 105 Å².